The van der Waals surface area contributed by atoms with Crippen LogP contribution in [0.4, 0.5) is 4.39 Å². The Morgan fingerprint density at radius 2 is 2.14 bits per heavy atom. The molecule has 0 aromatic heterocycles. The van der Waals surface area contributed by atoms with Crippen LogP contribution in [0.3, 0.4) is 0 Å². The van der Waals surface area contributed by atoms with Gasteiger partial charge in [-0.2, -0.15) is 0 Å². The molecule has 1 rings (SSSR count). The van der Waals surface area contributed by atoms with E-state index in [9.17, 15) is 4.39 Å². The van der Waals surface area contributed by atoms with Crippen LogP contribution < -0.4 is 0 Å². The second-order valence-corrected chi connectivity index (χ2v) is 5.49. The Hall–Kier alpha value is 0.110. The Balaban J connectivity index is 2.62. The molecular formula is C11H13Br2F. The lowest BCUT2D eigenvalue weighted by Crippen LogP contribution is -1.99. The van der Waals surface area contributed by atoms with Crippen molar-refractivity contribution in [1.29, 1.82) is 0 Å². The third-order valence-corrected chi connectivity index (χ3v) is 3.78. The van der Waals surface area contributed by atoms with Gasteiger partial charge in [0, 0.05) is 9.30 Å². The Bertz CT molecular complexity index is 299. The van der Waals surface area contributed by atoms with Crippen molar-refractivity contribution in [2.24, 2.45) is 0 Å². The van der Waals surface area contributed by atoms with Crippen molar-refractivity contribution in [3.63, 3.8) is 0 Å². The maximum Gasteiger partial charge on any atom is 0.126 e. The van der Waals surface area contributed by atoms with Gasteiger partial charge < -0.3 is 0 Å². The Kier molecular flexibility index (Phi) is 5.10. The van der Waals surface area contributed by atoms with Gasteiger partial charge in [-0.1, -0.05) is 38.8 Å². The van der Waals surface area contributed by atoms with Crippen molar-refractivity contribution in [1.82, 2.24) is 0 Å². The van der Waals surface area contributed by atoms with Crippen LogP contribution in [0.25, 0.3) is 0 Å². The van der Waals surface area contributed by atoms with Gasteiger partial charge in [0.1, 0.15) is 5.82 Å². The fraction of sp³-hybridized carbons (Fsp3) is 0.455. The minimum Gasteiger partial charge on any atom is -0.207 e. The maximum atomic E-state index is 13.3. The number of rotatable bonds is 4. The summed E-state index contributed by atoms with van der Waals surface area (Å²) in [6.07, 6.45) is 2.84. The minimum atomic E-state index is -0.107. The van der Waals surface area contributed by atoms with Gasteiger partial charge in [-0.25, -0.2) is 4.39 Å². The zero-order valence-electron chi connectivity index (χ0n) is 8.06. The first-order valence-electron chi connectivity index (χ1n) is 4.71. The monoisotopic (exact) mass is 322 g/mol. The fourth-order valence-corrected chi connectivity index (χ4v) is 1.89. The molecule has 0 radical (unpaired) electrons. The zero-order valence-corrected chi connectivity index (χ0v) is 11.2. The summed E-state index contributed by atoms with van der Waals surface area (Å²) in [6.45, 7) is 2.12. The first-order chi connectivity index (χ1) is 6.63. The highest BCUT2D eigenvalue weighted by Crippen LogP contribution is 2.19. The highest BCUT2D eigenvalue weighted by molar-refractivity contribution is 9.10. The number of alkyl halides is 1. The summed E-state index contributed by atoms with van der Waals surface area (Å²) in [5.41, 5.74) is 0.789. The molecule has 3 heteroatoms. The molecule has 0 saturated heterocycles. The molecule has 1 aromatic rings. The number of halogens is 3. The summed E-state index contributed by atoms with van der Waals surface area (Å²) in [4.78, 5) is 0.487. The molecule has 0 aliphatic carbocycles. The Labute approximate surface area is 101 Å². The van der Waals surface area contributed by atoms with E-state index in [0.29, 0.717) is 4.83 Å². The molecule has 0 fully saturated rings. The molecule has 1 aromatic carbocycles. The van der Waals surface area contributed by atoms with E-state index in [4.69, 9.17) is 0 Å². The van der Waals surface area contributed by atoms with Crippen LogP contribution in [0.1, 0.15) is 25.3 Å². The summed E-state index contributed by atoms with van der Waals surface area (Å²) in [5.74, 6) is -0.107. The Morgan fingerprint density at radius 3 is 2.79 bits per heavy atom. The minimum absolute atomic E-state index is 0.107. The molecule has 0 nitrogen and oxygen atoms in total. The summed E-state index contributed by atoms with van der Waals surface area (Å²) < 4.78 is 14.2. The smallest absolute Gasteiger partial charge is 0.126 e. The molecule has 78 valence electrons. The van der Waals surface area contributed by atoms with Crippen LogP contribution in [0.15, 0.2) is 22.7 Å². The lowest BCUT2D eigenvalue weighted by Gasteiger charge is -2.07. The van der Waals surface area contributed by atoms with E-state index in [1.165, 1.54) is 6.07 Å². The van der Waals surface area contributed by atoms with Crippen molar-refractivity contribution in [2.75, 3.05) is 0 Å². The van der Waals surface area contributed by atoms with E-state index < -0.39 is 0 Å². The summed E-state index contributed by atoms with van der Waals surface area (Å²) in [6, 6.07) is 5.09. The number of hydrogen-bond acceptors (Lipinski definition) is 0. The molecule has 1 unspecified atom stereocenters. The molecule has 0 bridgehead atoms. The van der Waals surface area contributed by atoms with Gasteiger partial charge in [0.25, 0.3) is 0 Å². The Morgan fingerprint density at radius 1 is 1.43 bits per heavy atom. The van der Waals surface area contributed by atoms with Gasteiger partial charge in [-0.05, 0) is 43.0 Å². The van der Waals surface area contributed by atoms with Crippen LogP contribution in [0, 0.1) is 5.82 Å². The average Bonchev–Trinajstić information content (AvgIpc) is 2.19. The SMILES string of the molecule is CCC(Br)CCc1cc(Br)ccc1F. The topological polar surface area (TPSA) is 0 Å². The van der Waals surface area contributed by atoms with E-state index in [0.717, 1.165) is 29.3 Å². The number of aryl methyl sites for hydroxylation is 1. The molecule has 0 spiro atoms. The van der Waals surface area contributed by atoms with Crippen molar-refractivity contribution in [2.45, 2.75) is 31.0 Å². The predicted molar refractivity (Wildman–Crippen MR) is 65.4 cm³/mol. The first-order valence-corrected chi connectivity index (χ1v) is 6.42. The molecular weight excluding hydrogens is 311 g/mol. The highest BCUT2D eigenvalue weighted by Gasteiger charge is 2.06. The van der Waals surface area contributed by atoms with Crippen LogP contribution in [-0.4, -0.2) is 4.83 Å². The van der Waals surface area contributed by atoms with Gasteiger partial charge in [0.15, 0.2) is 0 Å². The van der Waals surface area contributed by atoms with E-state index in [-0.39, 0.29) is 5.82 Å². The predicted octanol–water partition coefficient (Wildman–Crippen LogP) is 4.69. The van der Waals surface area contributed by atoms with E-state index in [1.807, 2.05) is 6.07 Å². The summed E-state index contributed by atoms with van der Waals surface area (Å²) >= 11 is 6.89. The quantitative estimate of drug-likeness (QED) is 0.705. The van der Waals surface area contributed by atoms with E-state index >= 15 is 0 Å². The number of hydrogen-bond donors (Lipinski definition) is 0. The molecule has 0 aliphatic rings. The van der Waals surface area contributed by atoms with Gasteiger partial charge in [0.05, 0.1) is 0 Å². The van der Waals surface area contributed by atoms with Crippen LogP contribution >= 0.6 is 31.9 Å². The van der Waals surface area contributed by atoms with Gasteiger partial charge in [-0.3, -0.25) is 0 Å². The third kappa shape index (κ3) is 3.70. The molecule has 0 aliphatic heterocycles. The lowest BCUT2D eigenvalue weighted by molar-refractivity contribution is 0.601. The third-order valence-electron chi connectivity index (χ3n) is 2.18. The molecule has 0 N–H and O–H groups in total. The molecule has 0 amide bonds. The maximum absolute atomic E-state index is 13.3. The fourth-order valence-electron chi connectivity index (χ4n) is 1.25. The first kappa shape index (κ1) is 12.2. The largest absolute Gasteiger partial charge is 0.207 e. The van der Waals surface area contributed by atoms with Crippen molar-refractivity contribution in [3.8, 4) is 0 Å². The van der Waals surface area contributed by atoms with Crippen LogP contribution in [0.5, 0.6) is 0 Å². The van der Waals surface area contributed by atoms with Crippen LogP contribution in [0.2, 0.25) is 0 Å². The van der Waals surface area contributed by atoms with Crippen molar-refractivity contribution >= 4 is 31.9 Å². The summed E-state index contributed by atoms with van der Waals surface area (Å²) in [7, 11) is 0. The number of benzene rings is 1. The summed E-state index contributed by atoms with van der Waals surface area (Å²) in [5, 5.41) is 0. The van der Waals surface area contributed by atoms with Gasteiger partial charge >= 0.3 is 0 Å². The van der Waals surface area contributed by atoms with E-state index in [1.54, 1.807) is 6.07 Å². The lowest BCUT2D eigenvalue weighted by atomic mass is 10.1. The van der Waals surface area contributed by atoms with Crippen LogP contribution in [-0.2, 0) is 6.42 Å². The average molecular weight is 324 g/mol. The molecule has 0 heterocycles. The highest BCUT2D eigenvalue weighted by atomic mass is 79.9. The second kappa shape index (κ2) is 5.86. The second-order valence-electron chi connectivity index (χ2n) is 3.28. The molecule has 14 heavy (non-hydrogen) atoms. The van der Waals surface area contributed by atoms with Crippen molar-refractivity contribution in [3.05, 3.63) is 34.1 Å². The van der Waals surface area contributed by atoms with Gasteiger partial charge in [-0.15, -0.1) is 0 Å². The van der Waals surface area contributed by atoms with Crippen molar-refractivity contribution < 1.29 is 4.39 Å². The standard InChI is InChI=1S/C11H13Br2F/c1-2-9(12)4-3-8-7-10(13)5-6-11(8)14/h5-7,9H,2-4H2,1H3. The molecule has 1 atom stereocenters. The normalized spacial score (nSPS) is 12.9. The molecule has 0 saturated carbocycles. The van der Waals surface area contributed by atoms with E-state index in [2.05, 4.69) is 38.8 Å². The van der Waals surface area contributed by atoms with Gasteiger partial charge in [0.2, 0.25) is 0 Å². The zero-order chi connectivity index (χ0) is 10.6.